The molecule has 0 aliphatic carbocycles. The predicted octanol–water partition coefficient (Wildman–Crippen LogP) is 5.29. The fourth-order valence-electron chi connectivity index (χ4n) is 3.42. The average Bonchev–Trinajstić information content (AvgIpc) is 2.75. The number of aromatic nitrogens is 2. The number of benzene rings is 2. The van der Waals surface area contributed by atoms with Crippen LogP contribution >= 0.6 is 18.7 Å². The summed E-state index contributed by atoms with van der Waals surface area (Å²) in [5.74, 6) is 1.51. The molecule has 0 aliphatic heterocycles. The summed E-state index contributed by atoms with van der Waals surface area (Å²) in [7, 11) is 3.27. The lowest BCUT2D eigenvalue weighted by Gasteiger charge is -2.17. The van der Waals surface area contributed by atoms with Crippen molar-refractivity contribution >= 4 is 47.2 Å². The summed E-state index contributed by atoms with van der Waals surface area (Å²) in [6.07, 6.45) is 2.46. The standard InChI is InChI=1S/C24H31ClN5O2P/c1-16-13-20(21(32-4)14-17(16)11-12-30(2)3)28-24-26-15-18(25)23(29-24)27-19-9-7-8-10-22(19)33(5,6)31/h7-10,13-15H,11-12H2,1-6H3,(H2,26,27,28,29). The summed E-state index contributed by atoms with van der Waals surface area (Å²) in [6.45, 7) is 6.50. The van der Waals surface area contributed by atoms with Crippen molar-refractivity contribution in [3.05, 3.63) is 58.7 Å². The Labute approximate surface area is 200 Å². The van der Waals surface area contributed by atoms with Gasteiger partial charge in [-0.25, -0.2) is 4.98 Å². The minimum Gasteiger partial charge on any atom is -0.495 e. The van der Waals surface area contributed by atoms with Gasteiger partial charge in [0.2, 0.25) is 5.95 Å². The van der Waals surface area contributed by atoms with E-state index in [9.17, 15) is 4.57 Å². The van der Waals surface area contributed by atoms with Crippen LogP contribution in [0.25, 0.3) is 0 Å². The van der Waals surface area contributed by atoms with Crippen molar-refractivity contribution in [2.75, 3.05) is 51.7 Å². The maximum absolute atomic E-state index is 12.7. The first-order chi connectivity index (χ1) is 15.6. The highest BCUT2D eigenvalue weighted by atomic mass is 35.5. The number of aryl methyl sites for hydroxylation is 1. The largest absolute Gasteiger partial charge is 0.495 e. The molecule has 0 saturated carbocycles. The highest BCUT2D eigenvalue weighted by molar-refractivity contribution is 7.70. The fraction of sp³-hybridized carbons (Fsp3) is 0.333. The molecule has 7 nitrogen and oxygen atoms in total. The average molecular weight is 488 g/mol. The van der Waals surface area contributed by atoms with Crippen molar-refractivity contribution in [2.45, 2.75) is 13.3 Å². The van der Waals surface area contributed by atoms with E-state index in [0.29, 0.717) is 28.2 Å². The third kappa shape index (κ3) is 6.47. The summed E-state index contributed by atoms with van der Waals surface area (Å²) >= 11 is 6.37. The number of rotatable bonds is 9. The minimum absolute atomic E-state index is 0.361. The van der Waals surface area contributed by atoms with E-state index in [1.54, 1.807) is 20.4 Å². The molecule has 0 atom stereocenters. The van der Waals surface area contributed by atoms with Crippen LogP contribution in [-0.2, 0) is 11.0 Å². The van der Waals surface area contributed by atoms with Gasteiger partial charge in [0.1, 0.15) is 17.9 Å². The molecule has 0 radical (unpaired) electrons. The van der Waals surface area contributed by atoms with Crippen LogP contribution in [-0.4, -0.2) is 55.9 Å². The monoisotopic (exact) mass is 487 g/mol. The summed E-state index contributed by atoms with van der Waals surface area (Å²) in [5, 5.41) is 7.56. The number of hydrogen-bond donors (Lipinski definition) is 2. The number of hydrogen-bond acceptors (Lipinski definition) is 7. The van der Waals surface area contributed by atoms with Gasteiger partial charge in [-0.05, 0) is 76.2 Å². The summed E-state index contributed by atoms with van der Waals surface area (Å²) in [4.78, 5) is 11.0. The number of likely N-dealkylation sites (N-methyl/N-ethyl adjacent to an activating group) is 1. The molecule has 0 spiro atoms. The van der Waals surface area contributed by atoms with Gasteiger partial charge in [-0.1, -0.05) is 23.7 Å². The molecule has 176 valence electrons. The van der Waals surface area contributed by atoms with Crippen molar-refractivity contribution in [1.29, 1.82) is 0 Å². The van der Waals surface area contributed by atoms with Gasteiger partial charge in [0.05, 0.1) is 24.7 Å². The van der Waals surface area contributed by atoms with E-state index in [1.807, 2.05) is 36.4 Å². The summed E-state index contributed by atoms with van der Waals surface area (Å²) < 4.78 is 18.3. The molecule has 1 aromatic heterocycles. The zero-order valence-electron chi connectivity index (χ0n) is 19.9. The maximum atomic E-state index is 12.7. The molecule has 0 saturated heterocycles. The third-order valence-corrected chi connectivity index (χ3v) is 7.04. The van der Waals surface area contributed by atoms with Gasteiger partial charge in [0.15, 0.2) is 5.82 Å². The lowest BCUT2D eigenvalue weighted by Crippen LogP contribution is -2.15. The predicted molar refractivity (Wildman–Crippen MR) is 139 cm³/mol. The van der Waals surface area contributed by atoms with Crippen molar-refractivity contribution < 1.29 is 9.30 Å². The second-order valence-corrected chi connectivity index (χ2v) is 12.1. The molecule has 0 bridgehead atoms. The number of nitrogens with zero attached hydrogens (tertiary/aromatic N) is 3. The molecular weight excluding hydrogens is 457 g/mol. The molecule has 2 aromatic carbocycles. The molecule has 2 N–H and O–H groups in total. The van der Waals surface area contributed by atoms with E-state index in [-0.39, 0.29) is 0 Å². The number of halogens is 1. The van der Waals surface area contributed by atoms with E-state index in [0.717, 1.165) is 29.5 Å². The number of anilines is 4. The van der Waals surface area contributed by atoms with Crippen molar-refractivity contribution in [1.82, 2.24) is 14.9 Å². The highest BCUT2D eigenvalue weighted by Gasteiger charge is 2.17. The van der Waals surface area contributed by atoms with E-state index in [1.165, 1.54) is 11.8 Å². The second-order valence-electron chi connectivity index (χ2n) is 8.54. The SMILES string of the molecule is COc1cc(CCN(C)C)c(C)cc1Nc1ncc(Cl)c(Nc2ccccc2P(C)(C)=O)n1. The zero-order chi connectivity index (χ0) is 24.2. The van der Waals surface area contributed by atoms with Crippen molar-refractivity contribution in [3.8, 4) is 5.75 Å². The van der Waals surface area contributed by atoms with Gasteiger partial charge < -0.3 is 24.8 Å². The van der Waals surface area contributed by atoms with Gasteiger partial charge in [0.25, 0.3) is 0 Å². The number of nitrogens with one attached hydrogen (secondary N) is 2. The molecule has 9 heteroatoms. The van der Waals surface area contributed by atoms with Crippen LogP contribution < -0.4 is 20.7 Å². The van der Waals surface area contributed by atoms with E-state index >= 15 is 0 Å². The van der Waals surface area contributed by atoms with Crippen LogP contribution in [0.2, 0.25) is 5.02 Å². The van der Waals surface area contributed by atoms with Gasteiger partial charge in [-0.15, -0.1) is 0 Å². The van der Waals surface area contributed by atoms with Crippen molar-refractivity contribution in [3.63, 3.8) is 0 Å². The number of ether oxygens (including phenoxy) is 1. The first kappa shape index (κ1) is 25.0. The second kappa shape index (κ2) is 10.6. The maximum Gasteiger partial charge on any atom is 0.229 e. The topological polar surface area (TPSA) is 79.4 Å². The van der Waals surface area contributed by atoms with Crippen LogP contribution in [0.5, 0.6) is 5.75 Å². The summed E-state index contributed by atoms with van der Waals surface area (Å²) in [6, 6.07) is 11.5. The quantitative estimate of drug-likeness (QED) is 0.397. The van der Waals surface area contributed by atoms with Gasteiger partial charge in [-0.2, -0.15) is 4.98 Å². The summed E-state index contributed by atoms with van der Waals surface area (Å²) in [5.41, 5.74) is 3.86. The molecule has 0 amide bonds. The molecule has 3 rings (SSSR count). The van der Waals surface area contributed by atoms with Gasteiger partial charge in [0, 0.05) is 11.8 Å². The first-order valence-electron chi connectivity index (χ1n) is 10.6. The Morgan fingerprint density at radius 2 is 1.85 bits per heavy atom. The fourth-order valence-corrected chi connectivity index (χ4v) is 4.72. The van der Waals surface area contributed by atoms with E-state index < -0.39 is 7.14 Å². The smallest absolute Gasteiger partial charge is 0.229 e. The molecule has 0 unspecified atom stereocenters. The van der Waals surface area contributed by atoms with Crippen LogP contribution in [0.3, 0.4) is 0 Å². The Balaban J connectivity index is 1.89. The van der Waals surface area contributed by atoms with Crippen LogP contribution in [0, 0.1) is 6.92 Å². The van der Waals surface area contributed by atoms with Crippen molar-refractivity contribution in [2.24, 2.45) is 0 Å². The molecule has 1 heterocycles. The Kier molecular flexibility index (Phi) is 8.01. The van der Waals surface area contributed by atoms with Gasteiger partial charge >= 0.3 is 0 Å². The van der Waals surface area contributed by atoms with E-state index in [2.05, 4.69) is 46.5 Å². The Bertz CT molecular complexity index is 1180. The van der Waals surface area contributed by atoms with E-state index in [4.69, 9.17) is 16.3 Å². The molecular formula is C24H31ClN5O2P. The van der Waals surface area contributed by atoms with Crippen LogP contribution in [0.15, 0.2) is 42.6 Å². The Morgan fingerprint density at radius 3 is 2.52 bits per heavy atom. The van der Waals surface area contributed by atoms with Crippen LogP contribution in [0.4, 0.5) is 23.1 Å². The first-order valence-corrected chi connectivity index (χ1v) is 13.6. The molecule has 3 aromatic rings. The lowest BCUT2D eigenvalue weighted by molar-refractivity contribution is 0.407. The molecule has 33 heavy (non-hydrogen) atoms. The van der Waals surface area contributed by atoms with Gasteiger partial charge in [-0.3, -0.25) is 0 Å². The lowest BCUT2D eigenvalue weighted by atomic mass is 10.0. The number of methoxy groups -OCH3 is 1. The molecule has 0 aliphatic rings. The Hall–Kier alpha value is -2.60. The number of para-hydroxylation sites is 1. The third-order valence-electron chi connectivity index (χ3n) is 5.21. The molecule has 0 fully saturated rings. The zero-order valence-corrected chi connectivity index (χ0v) is 21.6. The Morgan fingerprint density at radius 1 is 1.12 bits per heavy atom. The highest BCUT2D eigenvalue weighted by Crippen LogP contribution is 2.39. The van der Waals surface area contributed by atoms with Crippen LogP contribution in [0.1, 0.15) is 11.1 Å². The normalized spacial score (nSPS) is 11.5. The minimum atomic E-state index is -2.49.